The summed E-state index contributed by atoms with van der Waals surface area (Å²) in [7, 11) is 0. The van der Waals surface area contributed by atoms with Gasteiger partial charge in [-0.1, -0.05) is 145 Å². The zero-order chi connectivity index (χ0) is 24.4. The van der Waals surface area contributed by atoms with E-state index in [1.807, 2.05) is 0 Å². The summed E-state index contributed by atoms with van der Waals surface area (Å²) in [5.74, 6) is 0. The molecule has 0 aliphatic rings. The normalized spacial score (nSPS) is 11.6. The van der Waals surface area contributed by atoms with Crippen LogP contribution in [-0.2, 0) is 6.54 Å². The minimum atomic E-state index is 0.907. The van der Waals surface area contributed by atoms with Gasteiger partial charge in [0.1, 0.15) is 0 Å². The Balaban J connectivity index is 1.34. The molecule has 0 saturated heterocycles. The van der Waals surface area contributed by atoms with Crippen molar-refractivity contribution in [2.45, 2.75) is 110 Å². The Kier molecular flexibility index (Phi) is 13.3. The van der Waals surface area contributed by atoms with Crippen LogP contribution in [0.25, 0.3) is 16.8 Å². The summed E-state index contributed by atoms with van der Waals surface area (Å²) in [6, 6.07) is 21.8. The van der Waals surface area contributed by atoms with E-state index < -0.39 is 0 Å². The highest BCUT2D eigenvalue weighted by Gasteiger charge is 2.13. The molecule has 1 aromatic heterocycles. The smallest absolute Gasteiger partial charge is 0.194 e. The molecule has 0 unspecified atom stereocenters. The highest BCUT2D eigenvalue weighted by Crippen LogP contribution is 2.18. The highest BCUT2D eigenvalue weighted by molar-refractivity contribution is 5.87. The fourth-order valence-corrected chi connectivity index (χ4v) is 5.04. The standard InChI is InChI=1S/C34H48N/c1-2-3-4-5-6-7-8-9-10-11-12-13-14-15-16-20-27-34-33-26-22-21-25-32(33)28-29-35(34)30-31-23-18-17-19-24-31/h17-29H,2-16,30H2,1H3/q+1. The van der Waals surface area contributed by atoms with E-state index in [-0.39, 0.29) is 0 Å². The molecule has 0 atom stereocenters. The summed E-state index contributed by atoms with van der Waals surface area (Å²) in [4.78, 5) is 0. The third-order valence-electron chi connectivity index (χ3n) is 7.18. The van der Waals surface area contributed by atoms with E-state index in [0.29, 0.717) is 0 Å². The van der Waals surface area contributed by atoms with Crippen molar-refractivity contribution in [3.05, 3.63) is 84.2 Å². The van der Waals surface area contributed by atoms with Gasteiger partial charge in [-0.05, 0) is 24.3 Å². The van der Waals surface area contributed by atoms with Crippen LogP contribution < -0.4 is 4.57 Å². The molecule has 0 saturated carbocycles. The molecule has 0 radical (unpaired) electrons. The first-order chi connectivity index (χ1) is 17.4. The number of nitrogens with zero attached hydrogens (tertiary/aromatic N) is 1. The molecule has 0 spiro atoms. The number of benzene rings is 2. The van der Waals surface area contributed by atoms with Crippen molar-refractivity contribution in [1.82, 2.24) is 0 Å². The number of allylic oxidation sites excluding steroid dienone is 1. The Morgan fingerprint density at radius 2 is 1.17 bits per heavy atom. The fraction of sp³-hybridized carbons (Fsp3) is 0.500. The zero-order valence-corrected chi connectivity index (χ0v) is 22.3. The van der Waals surface area contributed by atoms with Gasteiger partial charge in [0.25, 0.3) is 0 Å². The van der Waals surface area contributed by atoms with E-state index in [0.717, 1.165) is 6.54 Å². The summed E-state index contributed by atoms with van der Waals surface area (Å²) < 4.78 is 2.39. The van der Waals surface area contributed by atoms with Gasteiger partial charge in [0.15, 0.2) is 12.7 Å². The first kappa shape index (κ1) is 27.2. The molecule has 1 heteroatoms. The van der Waals surface area contributed by atoms with Crippen LogP contribution in [0.5, 0.6) is 0 Å². The number of pyridine rings is 1. The lowest BCUT2D eigenvalue weighted by Gasteiger charge is -2.05. The molecule has 3 rings (SSSR count). The number of hydrogen-bond acceptors (Lipinski definition) is 0. The minimum absolute atomic E-state index is 0.907. The Labute approximate surface area is 215 Å². The quantitative estimate of drug-likeness (QED) is 0.129. The maximum Gasteiger partial charge on any atom is 0.213 e. The van der Waals surface area contributed by atoms with E-state index in [1.54, 1.807) is 0 Å². The van der Waals surface area contributed by atoms with E-state index in [4.69, 9.17) is 0 Å². The van der Waals surface area contributed by atoms with E-state index in [9.17, 15) is 0 Å². The Hall–Kier alpha value is -2.41. The monoisotopic (exact) mass is 470 g/mol. The molecule has 35 heavy (non-hydrogen) atoms. The summed E-state index contributed by atoms with van der Waals surface area (Å²) >= 11 is 0. The summed E-state index contributed by atoms with van der Waals surface area (Å²) in [5, 5.41) is 2.65. The van der Waals surface area contributed by atoms with Crippen LogP contribution in [0, 0.1) is 0 Å². The third kappa shape index (κ3) is 10.4. The second-order valence-electron chi connectivity index (χ2n) is 10.2. The van der Waals surface area contributed by atoms with Crippen molar-refractivity contribution >= 4 is 16.8 Å². The van der Waals surface area contributed by atoms with Gasteiger partial charge in [-0.2, -0.15) is 4.57 Å². The largest absolute Gasteiger partial charge is 0.213 e. The number of rotatable bonds is 18. The average molecular weight is 471 g/mol. The third-order valence-corrected chi connectivity index (χ3v) is 7.18. The SMILES string of the molecule is CCCCCCCCCCCCCCCCC=Cc1c2ccccc2cc[n+]1Cc1ccccc1. The lowest BCUT2D eigenvalue weighted by atomic mass is 10.0. The fourth-order valence-electron chi connectivity index (χ4n) is 5.04. The van der Waals surface area contributed by atoms with Crippen LogP contribution in [0.4, 0.5) is 0 Å². The second kappa shape index (κ2) is 17.1. The molecule has 188 valence electrons. The molecule has 0 amide bonds. The van der Waals surface area contributed by atoms with Crippen LogP contribution >= 0.6 is 0 Å². The van der Waals surface area contributed by atoms with Gasteiger partial charge in [0.2, 0.25) is 5.69 Å². The van der Waals surface area contributed by atoms with Crippen molar-refractivity contribution in [2.75, 3.05) is 0 Å². The summed E-state index contributed by atoms with van der Waals surface area (Å²) in [6.45, 7) is 3.20. The van der Waals surface area contributed by atoms with Gasteiger partial charge in [-0.3, -0.25) is 0 Å². The molecule has 0 aliphatic carbocycles. The molecule has 3 aromatic rings. The summed E-state index contributed by atoms with van der Waals surface area (Å²) in [6.07, 6.45) is 28.0. The van der Waals surface area contributed by atoms with E-state index in [2.05, 4.69) is 90.5 Å². The number of unbranched alkanes of at least 4 members (excludes halogenated alkanes) is 14. The van der Waals surface area contributed by atoms with Crippen molar-refractivity contribution < 1.29 is 4.57 Å². The number of hydrogen-bond donors (Lipinski definition) is 0. The van der Waals surface area contributed by atoms with Crippen LogP contribution in [0.15, 0.2) is 72.9 Å². The molecular formula is C34H48N+. The number of fused-ring (bicyclic) bond motifs is 1. The first-order valence-electron chi connectivity index (χ1n) is 14.5. The predicted molar refractivity (Wildman–Crippen MR) is 154 cm³/mol. The summed E-state index contributed by atoms with van der Waals surface area (Å²) in [5.41, 5.74) is 2.66. The molecule has 0 aliphatic heterocycles. The second-order valence-corrected chi connectivity index (χ2v) is 10.2. The highest BCUT2D eigenvalue weighted by atomic mass is 15.0. The van der Waals surface area contributed by atoms with Crippen molar-refractivity contribution in [2.24, 2.45) is 0 Å². The molecule has 1 nitrogen and oxygen atoms in total. The van der Waals surface area contributed by atoms with Gasteiger partial charge in [-0.25, -0.2) is 0 Å². The molecule has 1 heterocycles. The molecule has 0 fully saturated rings. The van der Waals surface area contributed by atoms with E-state index in [1.165, 1.54) is 118 Å². The molecule has 0 N–H and O–H groups in total. The van der Waals surface area contributed by atoms with E-state index >= 15 is 0 Å². The van der Waals surface area contributed by atoms with Crippen molar-refractivity contribution in [3.63, 3.8) is 0 Å². The van der Waals surface area contributed by atoms with Gasteiger partial charge >= 0.3 is 0 Å². The Morgan fingerprint density at radius 3 is 1.83 bits per heavy atom. The Morgan fingerprint density at radius 1 is 0.600 bits per heavy atom. The zero-order valence-electron chi connectivity index (χ0n) is 22.3. The topological polar surface area (TPSA) is 3.88 Å². The van der Waals surface area contributed by atoms with Gasteiger partial charge in [0.05, 0.1) is 5.39 Å². The van der Waals surface area contributed by atoms with Crippen LogP contribution in [0.2, 0.25) is 0 Å². The van der Waals surface area contributed by atoms with Crippen LogP contribution in [0.3, 0.4) is 0 Å². The Bertz CT molecular complexity index is 972. The van der Waals surface area contributed by atoms with Gasteiger partial charge in [0, 0.05) is 17.7 Å². The van der Waals surface area contributed by atoms with Crippen LogP contribution in [0.1, 0.15) is 114 Å². The lowest BCUT2D eigenvalue weighted by Crippen LogP contribution is -2.37. The molecule has 0 bridgehead atoms. The van der Waals surface area contributed by atoms with Crippen molar-refractivity contribution in [1.29, 1.82) is 0 Å². The van der Waals surface area contributed by atoms with Crippen molar-refractivity contribution in [3.8, 4) is 0 Å². The van der Waals surface area contributed by atoms with Gasteiger partial charge < -0.3 is 0 Å². The predicted octanol–water partition coefficient (Wildman–Crippen LogP) is 10.1. The maximum absolute atomic E-state index is 2.39. The van der Waals surface area contributed by atoms with Gasteiger partial charge in [-0.15, -0.1) is 0 Å². The average Bonchev–Trinajstić information content (AvgIpc) is 2.90. The van der Waals surface area contributed by atoms with Crippen LogP contribution in [-0.4, -0.2) is 0 Å². The lowest BCUT2D eigenvalue weighted by molar-refractivity contribution is -0.688. The minimum Gasteiger partial charge on any atom is -0.194 e. The molecule has 2 aromatic carbocycles. The maximum atomic E-state index is 2.39. The molecular weight excluding hydrogens is 422 g/mol. The first-order valence-corrected chi connectivity index (χ1v) is 14.5. The number of aromatic nitrogens is 1.